The maximum atomic E-state index is 13.6. The third-order valence-electron chi connectivity index (χ3n) is 7.97. The number of hydrazine groups is 2. The van der Waals surface area contributed by atoms with Crippen molar-refractivity contribution >= 4 is 34.9 Å². The van der Waals surface area contributed by atoms with Gasteiger partial charge < -0.3 is 30.8 Å². The van der Waals surface area contributed by atoms with Gasteiger partial charge in [0.2, 0.25) is 0 Å². The number of carbonyl (C=O) groups is 1. The molecule has 11 heteroatoms. The number of hydrogen-bond donors (Lipinski definition) is 6. The van der Waals surface area contributed by atoms with Gasteiger partial charge in [-0.05, 0) is 92.6 Å². The fourth-order valence-corrected chi connectivity index (χ4v) is 5.68. The number of benzene rings is 2. The number of aryl methyl sites for hydroxylation is 1. The number of ether oxygens (including phenoxy) is 1. The second-order valence-electron chi connectivity index (χ2n) is 12.4. The molecule has 4 rings (SSSR count). The summed E-state index contributed by atoms with van der Waals surface area (Å²) >= 11 is 1.46. The zero-order valence-electron chi connectivity index (χ0n) is 26.3. The quantitative estimate of drug-likeness (QED) is 0.0897. The molecule has 1 saturated carbocycles. The number of nitrogens with zero attached hydrogens (tertiary/aromatic N) is 2. The maximum Gasteiger partial charge on any atom is 0.255 e. The lowest BCUT2D eigenvalue weighted by Gasteiger charge is -2.32. The SMILES string of the molecule is COc1c(NSC)cc(C(C)(C)C)cc1NC(=O)c1ccc(C)c(N(N)/C=C(N)/C=C(\C2CCNCC2)N(N)C2CC2)c1. The van der Waals surface area contributed by atoms with Crippen molar-refractivity contribution in [1.29, 1.82) is 0 Å². The molecular formula is C32H48N8O2S. The molecule has 0 bridgehead atoms. The Labute approximate surface area is 260 Å². The van der Waals surface area contributed by atoms with Crippen molar-refractivity contribution in [2.24, 2.45) is 23.3 Å². The maximum absolute atomic E-state index is 13.6. The highest BCUT2D eigenvalue weighted by atomic mass is 32.2. The number of rotatable bonds is 11. The Kier molecular flexibility index (Phi) is 10.5. The van der Waals surface area contributed by atoms with Crippen molar-refractivity contribution in [2.45, 2.75) is 64.8 Å². The Morgan fingerprint density at radius 3 is 2.37 bits per heavy atom. The van der Waals surface area contributed by atoms with Crippen LogP contribution in [0.15, 0.2) is 54.0 Å². The molecule has 0 unspecified atom stereocenters. The lowest BCUT2D eigenvalue weighted by molar-refractivity contribution is 0.102. The highest BCUT2D eigenvalue weighted by Gasteiger charge is 2.32. The molecule has 1 aliphatic carbocycles. The van der Waals surface area contributed by atoms with E-state index in [1.54, 1.807) is 25.4 Å². The number of allylic oxidation sites excluding steroid dienone is 2. The van der Waals surface area contributed by atoms with Crippen molar-refractivity contribution in [3.8, 4) is 5.75 Å². The van der Waals surface area contributed by atoms with E-state index >= 15 is 0 Å². The highest BCUT2D eigenvalue weighted by molar-refractivity contribution is 7.99. The van der Waals surface area contributed by atoms with Gasteiger partial charge in [0.1, 0.15) is 0 Å². The first kappa shape index (κ1) is 32.5. The normalized spacial score (nSPS) is 16.6. The van der Waals surface area contributed by atoms with E-state index in [1.807, 2.05) is 36.4 Å². The topological polar surface area (TPSA) is 147 Å². The van der Waals surface area contributed by atoms with Crippen LogP contribution in [0.2, 0.25) is 0 Å². The number of anilines is 3. The number of methoxy groups -OCH3 is 1. The summed E-state index contributed by atoms with van der Waals surface area (Å²) in [7, 11) is 1.60. The van der Waals surface area contributed by atoms with Crippen LogP contribution in [-0.2, 0) is 5.41 Å². The molecular weight excluding hydrogens is 560 g/mol. The van der Waals surface area contributed by atoms with Gasteiger partial charge in [-0.15, -0.1) is 0 Å². The zero-order chi connectivity index (χ0) is 31.3. The molecule has 1 heterocycles. The Morgan fingerprint density at radius 2 is 1.77 bits per heavy atom. The molecule has 2 fully saturated rings. The van der Waals surface area contributed by atoms with E-state index in [2.05, 4.69) is 42.2 Å². The van der Waals surface area contributed by atoms with E-state index in [0.29, 0.717) is 40.3 Å². The van der Waals surface area contributed by atoms with Gasteiger partial charge in [0, 0.05) is 35.7 Å². The molecule has 0 atom stereocenters. The van der Waals surface area contributed by atoms with Gasteiger partial charge >= 0.3 is 0 Å². The highest BCUT2D eigenvalue weighted by Crippen LogP contribution is 2.40. The Hall–Kier alpha value is -3.38. The van der Waals surface area contributed by atoms with Crippen molar-refractivity contribution < 1.29 is 9.53 Å². The molecule has 2 aliphatic rings. The van der Waals surface area contributed by atoms with E-state index < -0.39 is 0 Å². The summed E-state index contributed by atoms with van der Waals surface area (Å²) in [6, 6.07) is 9.82. The van der Waals surface area contributed by atoms with E-state index in [4.69, 9.17) is 22.2 Å². The Bertz CT molecular complexity index is 1360. The lowest BCUT2D eigenvalue weighted by atomic mass is 9.86. The molecule has 1 aliphatic heterocycles. The molecule has 0 aromatic heterocycles. The van der Waals surface area contributed by atoms with Gasteiger partial charge in [-0.2, -0.15) is 0 Å². The molecule has 9 N–H and O–H groups in total. The molecule has 1 saturated heterocycles. The van der Waals surface area contributed by atoms with Crippen LogP contribution in [0.5, 0.6) is 5.75 Å². The van der Waals surface area contributed by atoms with Crippen LogP contribution >= 0.6 is 11.9 Å². The first-order chi connectivity index (χ1) is 20.4. The summed E-state index contributed by atoms with van der Waals surface area (Å²) in [4.78, 5) is 13.6. The second kappa shape index (κ2) is 13.9. The monoisotopic (exact) mass is 608 g/mol. The molecule has 0 spiro atoms. The molecule has 2 aromatic carbocycles. The minimum Gasteiger partial charge on any atom is -0.492 e. The second-order valence-corrected chi connectivity index (χ2v) is 13.0. The summed E-state index contributed by atoms with van der Waals surface area (Å²) in [5, 5.41) is 9.84. The fourth-order valence-electron chi connectivity index (χ4n) is 5.31. The number of amides is 1. The summed E-state index contributed by atoms with van der Waals surface area (Å²) < 4.78 is 8.98. The van der Waals surface area contributed by atoms with E-state index in [0.717, 1.165) is 61.3 Å². The number of carbonyl (C=O) groups excluding carboxylic acids is 1. The van der Waals surface area contributed by atoms with Crippen molar-refractivity contribution in [3.63, 3.8) is 0 Å². The van der Waals surface area contributed by atoms with Gasteiger partial charge in [0.25, 0.3) is 5.91 Å². The predicted octanol–water partition coefficient (Wildman–Crippen LogP) is 4.95. The molecule has 234 valence electrons. The summed E-state index contributed by atoms with van der Waals surface area (Å²) in [6.07, 6.45) is 9.80. The van der Waals surface area contributed by atoms with E-state index in [9.17, 15) is 4.79 Å². The lowest BCUT2D eigenvalue weighted by Crippen LogP contribution is -2.39. The van der Waals surface area contributed by atoms with Crippen LogP contribution in [0.25, 0.3) is 0 Å². The van der Waals surface area contributed by atoms with Gasteiger partial charge in [0.15, 0.2) is 5.75 Å². The third-order valence-corrected chi connectivity index (χ3v) is 8.39. The van der Waals surface area contributed by atoms with Gasteiger partial charge in [-0.25, -0.2) is 11.7 Å². The first-order valence-electron chi connectivity index (χ1n) is 14.8. The first-order valence-corrected chi connectivity index (χ1v) is 16.1. The van der Waals surface area contributed by atoms with Gasteiger partial charge in [0.05, 0.1) is 29.9 Å². The van der Waals surface area contributed by atoms with Crippen LogP contribution in [0.3, 0.4) is 0 Å². The number of piperidine rings is 1. The number of hydrogen-bond acceptors (Lipinski definition) is 10. The molecule has 10 nitrogen and oxygen atoms in total. The smallest absolute Gasteiger partial charge is 0.255 e. The number of nitrogens with two attached hydrogens (primary N) is 3. The van der Waals surface area contributed by atoms with Crippen LogP contribution in [-0.4, -0.2) is 43.4 Å². The average Bonchev–Trinajstić information content (AvgIpc) is 3.81. The van der Waals surface area contributed by atoms with Crippen molar-refractivity contribution in [1.82, 2.24) is 10.3 Å². The van der Waals surface area contributed by atoms with Crippen molar-refractivity contribution in [3.05, 3.63) is 70.7 Å². The van der Waals surface area contributed by atoms with Gasteiger partial charge in [-0.3, -0.25) is 9.80 Å². The molecule has 43 heavy (non-hydrogen) atoms. The van der Waals surface area contributed by atoms with Crippen LogP contribution in [0, 0.1) is 12.8 Å². The van der Waals surface area contributed by atoms with Crippen LogP contribution < -0.4 is 42.5 Å². The zero-order valence-corrected chi connectivity index (χ0v) is 27.1. The minimum absolute atomic E-state index is 0.133. The van der Waals surface area contributed by atoms with Gasteiger partial charge in [-0.1, -0.05) is 38.8 Å². The van der Waals surface area contributed by atoms with Crippen LogP contribution in [0.4, 0.5) is 17.1 Å². The minimum atomic E-state index is -0.276. The molecule has 2 aromatic rings. The van der Waals surface area contributed by atoms with Crippen LogP contribution in [0.1, 0.15) is 67.9 Å². The predicted molar refractivity (Wildman–Crippen MR) is 180 cm³/mol. The summed E-state index contributed by atoms with van der Waals surface area (Å²) in [5.74, 6) is 13.7. The summed E-state index contributed by atoms with van der Waals surface area (Å²) in [6.45, 7) is 10.3. The molecule has 0 radical (unpaired) electrons. The largest absolute Gasteiger partial charge is 0.492 e. The fraction of sp³-hybridized carbons (Fsp3) is 0.469. The van der Waals surface area contributed by atoms with E-state index in [-0.39, 0.29) is 11.3 Å². The van der Waals surface area contributed by atoms with E-state index in [1.165, 1.54) is 17.0 Å². The summed E-state index contributed by atoms with van der Waals surface area (Å²) in [5.41, 5.74) is 12.4. The Morgan fingerprint density at radius 1 is 1.09 bits per heavy atom. The number of nitrogens with one attached hydrogen (secondary N) is 3. The Balaban J connectivity index is 1.60. The molecule has 1 amide bonds. The average molecular weight is 609 g/mol. The standard InChI is InChI=1S/C32H48N8O2S/c1-20-7-8-22(31(41)37-26-16-23(32(2,3)4)17-27(38-43-6)30(26)42-5)15-28(20)39(34)19-24(33)18-29(40(35)25-9-10-25)21-11-13-36-14-12-21/h7-8,15-19,21,25,36,38H,9-14,33-35H2,1-6H3,(H,37,41)/b24-19-,29-18+. The van der Waals surface area contributed by atoms with Crippen molar-refractivity contribution in [2.75, 3.05) is 41.5 Å². The third kappa shape index (κ3) is 8.17.